The summed E-state index contributed by atoms with van der Waals surface area (Å²) in [5.41, 5.74) is 0.228. The second-order valence-electron chi connectivity index (χ2n) is 1.82. The van der Waals surface area contributed by atoms with Crippen LogP contribution in [0, 0.1) is 16.6 Å². The molecule has 0 aliphatic heterocycles. The van der Waals surface area contributed by atoms with Crippen LogP contribution in [0.15, 0.2) is 18.2 Å². The molecule has 0 bridgehead atoms. The van der Waals surface area contributed by atoms with E-state index in [9.17, 15) is 4.39 Å². The largest absolute Gasteiger partial charge is 0.206 e. The summed E-state index contributed by atoms with van der Waals surface area (Å²) in [5, 5.41) is 0.331. The van der Waals surface area contributed by atoms with Crippen molar-refractivity contribution in [2.24, 2.45) is 0 Å². The Bertz CT molecular complexity index is 304. The molecule has 0 atom stereocenters. The summed E-state index contributed by atoms with van der Waals surface area (Å²) >= 11 is 8.51. The molecule has 1 rings (SSSR count). The highest BCUT2D eigenvalue weighted by Gasteiger charge is 2.01. The van der Waals surface area contributed by atoms with Gasteiger partial charge in [-0.1, -0.05) is 17.7 Å². The van der Waals surface area contributed by atoms with Crippen molar-refractivity contribution in [3.63, 3.8) is 0 Å². The molecule has 1 aromatic carbocycles. The fourth-order valence-corrected chi connectivity index (χ4v) is 1.07. The van der Waals surface area contributed by atoms with E-state index in [1.54, 1.807) is 6.07 Å². The molecule has 0 spiro atoms. The van der Waals surface area contributed by atoms with Gasteiger partial charge in [0.25, 0.3) is 0 Å². The molecule has 11 heavy (non-hydrogen) atoms. The molecule has 0 radical (unpaired) electrons. The maximum atomic E-state index is 12.8. The number of benzene rings is 1. The molecule has 3 heteroatoms. The van der Waals surface area contributed by atoms with E-state index >= 15 is 0 Å². The molecular weight excluding hydrogens is 230 g/mol. The lowest BCUT2D eigenvalue weighted by Gasteiger charge is -1.94. The van der Waals surface area contributed by atoms with Gasteiger partial charge < -0.3 is 0 Å². The van der Waals surface area contributed by atoms with Gasteiger partial charge in [-0.2, -0.15) is 0 Å². The smallest absolute Gasteiger partial charge is 0.140 e. The summed E-state index contributed by atoms with van der Waals surface area (Å²) < 4.78 is 12.8. The van der Waals surface area contributed by atoms with E-state index in [0.717, 1.165) is 0 Å². The van der Waals surface area contributed by atoms with Crippen molar-refractivity contribution in [1.29, 1.82) is 0 Å². The molecule has 0 fully saturated rings. The van der Waals surface area contributed by atoms with Gasteiger partial charge in [-0.05, 0) is 22.9 Å². The first kappa shape index (κ1) is 8.58. The zero-order valence-corrected chi connectivity index (χ0v) is 7.71. The minimum atomic E-state index is -0.399. The molecule has 0 saturated heterocycles. The van der Waals surface area contributed by atoms with Crippen molar-refractivity contribution >= 4 is 27.5 Å². The predicted molar refractivity (Wildman–Crippen MR) is 47.2 cm³/mol. The third kappa shape index (κ3) is 1.95. The molecule has 0 nitrogen and oxygen atoms in total. The second kappa shape index (κ2) is 3.75. The van der Waals surface area contributed by atoms with Crippen molar-refractivity contribution in [2.45, 2.75) is 0 Å². The Morgan fingerprint density at radius 3 is 2.73 bits per heavy atom. The summed E-state index contributed by atoms with van der Waals surface area (Å²) in [6.45, 7) is 0. The molecule has 56 valence electrons. The van der Waals surface area contributed by atoms with Gasteiger partial charge in [0.2, 0.25) is 0 Å². The molecular formula is C8H3BrClF. The van der Waals surface area contributed by atoms with E-state index in [1.807, 2.05) is 0 Å². The first-order chi connectivity index (χ1) is 5.25. The molecule has 1 aromatic rings. The Morgan fingerprint density at radius 2 is 2.18 bits per heavy atom. The Balaban J connectivity index is 3.28. The van der Waals surface area contributed by atoms with Gasteiger partial charge in [0.15, 0.2) is 0 Å². The molecule has 0 aliphatic rings. The maximum absolute atomic E-state index is 12.8. The minimum Gasteiger partial charge on any atom is -0.206 e. The van der Waals surface area contributed by atoms with Crippen LogP contribution in [0.2, 0.25) is 5.02 Å². The Labute approximate surface area is 77.5 Å². The van der Waals surface area contributed by atoms with Crippen molar-refractivity contribution in [2.75, 3.05) is 0 Å². The van der Waals surface area contributed by atoms with Gasteiger partial charge in [0, 0.05) is 15.9 Å². The summed E-state index contributed by atoms with van der Waals surface area (Å²) in [7, 11) is 0. The van der Waals surface area contributed by atoms with Gasteiger partial charge in [-0.3, -0.25) is 0 Å². The van der Waals surface area contributed by atoms with E-state index in [-0.39, 0.29) is 5.56 Å². The average molecular weight is 233 g/mol. The molecule has 0 heterocycles. The van der Waals surface area contributed by atoms with Crippen LogP contribution in [0.25, 0.3) is 0 Å². The van der Waals surface area contributed by atoms with E-state index in [2.05, 4.69) is 26.7 Å². The Morgan fingerprint density at radius 1 is 1.45 bits per heavy atom. The van der Waals surface area contributed by atoms with E-state index in [0.29, 0.717) is 5.02 Å². The van der Waals surface area contributed by atoms with Gasteiger partial charge in [-0.15, -0.1) is 0 Å². The highest BCUT2D eigenvalue weighted by atomic mass is 79.9. The third-order valence-electron chi connectivity index (χ3n) is 1.14. The lowest BCUT2D eigenvalue weighted by molar-refractivity contribution is 0.624. The van der Waals surface area contributed by atoms with Crippen molar-refractivity contribution in [1.82, 2.24) is 0 Å². The maximum Gasteiger partial charge on any atom is 0.140 e. The fraction of sp³-hybridized carbons (Fsp3) is 0. The number of halogens is 3. The van der Waals surface area contributed by atoms with Crippen molar-refractivity contribution < 1.29 is 4.39 Å². The second-order valence-corrected chi connectivity index (χ2v) is 2.62. The molecule has 0 N–H and O–H groups in total. The zero-order chi connectivity index (χ0) is 8.27. The van der Waals surface area contributed by atoms with Crippen LogP contribution in [-0.4, -0.2) is 0 Å². The average Bonchev–Trinajstić information content (AvgIpc) is 1.97. The first-order valence-corrected chi connectivity index (χ1v) is 3.98. The fourth-order valence-electron chi connectivity index (χ4n) is 0.664. The van der Waals surface area contributed by atoms with E-state index < -0.39 is 5.82 Å². The quantitative estimate of drug-likeness (QED) is 0.604. The van der Waals surface area contributed by atoms with Gasteiger partial charge in [0.1, 0.15) is 5.82 Å². The highest BCUT2D eigenvalue weighted by molar-refractivity contribution is 9.12. The summed E-state index contributed by atoms with van der Waals surface area (Å²) in [6, 6.07) is 4.45. The highest BCUT2D eigenvalue weighted by Crippen LogP contribution is 2.17. The van der Waals surface area contributed by atoms with Crippen LogP contribution in [-0.2, 0) is 0 Å². The monoisotopic (exact) mass is 232 g/mol. The molecule has 0 amide bonds. The first-order valence-electron chi connectivity index (χ1n) is 2.81. The molecule has 0 aromatic heterocycles. The van der Waals surface area contributed by atoms with Gasteiger partial charge in [0.05, 0.1) is 10.6 Å². The molecule has 0 aliphatic carbocycles. The minimum absolute atomic E-state index is 0.228. The molecule has 0 unspecified atom stereocenters. The Kier molecular flexibility index (Phi) is 2.92. The van der Waals surface area contributed by atoms with Gasteiger partial charge >= 0.3 is 0 Å². The van der Waals surface area contributed by atoms with Crippen LogP contribution in [0.3, 0.4) is 0 Å². The number of hydrogen-bond donors (Lipinski definition) is 0. The van der Waals surface area contributed by atoms with Crippen LogP contribution < -0.4 is 0 Å². The summed E-state index contributed by atoms with van der Waals surface area (Å²) in [4.78, 5) is 2.40. The predicted octanol–water partition coefficient (Wildman–Crippen LogP) is 3.18. The van der Waals surface area contributed by atoms with Crippen molar-refractivity contribution in [3.8, 4) is 10.8 Å². The normalized spacial score (nSPS) is 8.64. The van der Waals surface area contributed by atoms with E-state index in [4.69, 9.17) is 11.6 Å². The third-order valence-corrected chi connectivity index (χ3v) is 1.65. The SMILES string of the molecule is Fc1cccc(Cl)c1C#CBr. The molecule has 0 saturated carbocycles. The number of hydrogen-bond acceptors (Lipinski definition) is 0. The zero-order valence-electron chi connectivity index (χ0n) is 5.37. The number of rotatable bonds is 0. The van der Waals surface area contributed by atoms with E-state index in [1.165, 1.54) is 12.1 Å². The summed E-state index contributed by atoms with van der Waals surface area (Å²) in [5.74, 6) is 2.11. The van der Waals surface area contributed by atoms with Crippen LogP contribution in [0.1, 0.15) is 5.56 Å². The van der Waals surface area contributed by atoms with Crippen molar-refractivity contribution in [3.05, 3.63) is 34.6 Å². The lowest BCUT2D eigenvalue weighted by Crippen LogP contribution is -1.82. The topological polar surface area (TPSA) is 0 Å². The Hall–Kier alpha value is -0.520. The van der Waals surface area contributed by atoms with Crippen LogP contribution >= 0.6 is 27.5 Å². The lowest BCUT2D eigenvalue weighted by atomic mass is 10.2. The van der Waals surface area contributed by atoms with Crippen LogP contribution in [0.4, 0.5) is 4.39 Å². The van der Waals surface area contributed by atoms with Crippen LogP contribution in [0.5, 0.6) is 0 Å². The summed E-state index contributed by atoms with van der Waals surface area (Å²) in [6.07, 6.45) is 0. The van der Waals surface area contributed by atoms with Gasteiger partial charge in [-0.25, -0.2) is 4.39 Å². The standard InChI is InChI=1S/C8H3BrClF/c9-5-4-6-7(10)2-1-3-8(6)11/h1-3H.